The van der Waals surface area contributed by atoms with Gasteiger partial charge in [0.05, 0.1) is 0 Å². The lowest BCUT2D eigenvalue weighted by molar-refractivity contribution is -0.136. The molecule has 1 aromatic carbocycles. The fraction of sp³-hybridized carbons (Fsp3) is 0.591. The molecule has 3 aliphatic rings. The molecule has 0 aromatic heterocycles. The predicted molar refractivity (Wildman–Crippen MR) is 109 cm³/mol. The Morgan fingerprint density at radius 3 is 2.66 bits per heavy atom. The number of likely N-dealkylation sites (tertiary alicyclic amines) is 1. The molecule has 4 rings (SSSR count). The van der Waals surface area contributed by atoms with Crippen molar-refractivity contribution in [2.75, 3.05) is 19.6 Å². The minimum absolute atomic E-state index is 0.0791. The van der Waals surface area contributed by atoms with Crippen LogP contribution in [0.5, 0.6) is 0 Å². The van der Waals surface area contributed by atoms with E-state index in [4.69, 9.17) is 0 Å². The van der Waals surface area contributed by atoms with Crippen LogP contribution in [0.15, 0.2) is 18.2 Å². The molecule has 29 heavy (non-hydrogen) atoms. The minimum atomic E-state index is -0.555. The number of amides is 3. The van der Waals surface area contributed by atoms with E-state index in [0.29, 0.717) is 19.0 Å². The maximum Gasteiger partial charge on any atom is 0.255 e. The summed E-state index contributed by atoms with van der Waals surface area (Å²) in [6.07, 6.45) is 4.10. The van der Waals surface area contributed by atoms with Gasteiger partial charge in [-0.3, -0.25) is 24.6 Å². The van der Waals surface area contributed by atoms with Crippen LogP contribution in [-0.2, 0) is 22.7 Å². The fourth-order valence-electron chi connectivity index (χ4n) is 4.71. The third-order valence-electron chi connectivity index (χ3n) is 6.30. The van der Waals surface area contributed by atoms with E-state index in [1.807, 2.05) is 18.2 Å². The van der Waals surface area contributed by atoms with Gasteiger partial charge in [0.25, 0.3) is 5.91 Å². The van der Waals surface area contributed by atoms with Gasteiger partial charge in [0.1, 0.15) is 6.04 Å². The molecule has 0 aliphatic carbocycles. The first kappa shape index (κ1) is 20.0. The van der Waals surface area contributed by atoms with E-state index < -0.39 is 6.04 Å². The summed E-state index contributed by atoms with van der Waals surface area (Å²) >= 11 is 0. The number of hydrogen-bond acceptors (Lipinski definition) is 5. The first-order valence-corrected chi connectivity index (χ1v) is 10.8. The second-order valence-electron chi connectivity index (χ2n) is 8.36. The van der Waals surface area contributed by atoms with Crippen LogP contribution < -0.4 is 10.6 Å². The molecule has 2 saturated heterocycles. The molecule has 3 heterocycles. The molecule has 0 radical (unpaired) electrons. The van der Waals surface area contributed by atoms with Crippen LogP contribution in [0.1, 0.15) is 60.5 Å². The second kappa shape index (κ2) is 8.63. The Morgan fingerprint density at radius 1 is 1.14 bits per heavy atom. The number of nitrogens with zero attached hydrogens (tertiary/aromatic N) is 2. The summed E-state index contributed by atoms with van der Waals surface area (Å²) < 4.78 is 0. The van der Waals surface area contributed by atoms with Crippen LogP contribution in [0, 0.1) is 0 Å². The number of carbonyl (C=O) groups is 3. The highest BCUT2D eigenvalue weighted by molar-refractivity contribution is 6.05. The van der Waals surface area contributed by atoms with Gasteiger partial charge < -0.3 is 10.2 Å². The summed E-state index contributed by atoms with van der Waals surface area (Å²) in [7, 11) is 0. The fourth-order valence-corrected chi connectivity index (χ4v) is 4.71. The minimum Gasteiger partial charge on any atom is -0.322 e. The quantitative estimate of drug-likeness (QED) is 0.708. The number of nitrogens with one attached hydrogen (secondary N) is 2. The number of piperidine rings is 2. The van der Waals surface area contributed by atoms with Gasteiger partial charge in [-0.15, -0.1) is 0 Å². The van der Waals surface area contributed by atoms with Crippen molar-refractivity contribution in [1.82, 2.24) is 20.4 Å². The Balaban J connectivity index is 1.43. The molecule has 0 spiro atoms. The van der Waals surface area contributed by atoms with E-state index in [1.54, 1.807) is 4.90 Å². The van der Waals surface area contributed by atoms with Crippen LogP contribution in [-0.4, -0.2) is 59.2 Å². The summed E-state index contributed by atoms with van der Waals surface area (Å²) in [5.74, 6) is -0.692. The lowest BCUT2D eigenvalue weighted by atomic mass is 10.00. The van der Waals surface area contributed by atoms with Crippen LogP contribution in [0.2, 0.25) is 0 Å². The molecule has 2 fully saturated rings. The molecule has 0 bridgehead atoms. The first-order chi connectivity index (χ1) is 14.1. The van der Waals surface area contributed by atoms with Gasteiger partial charge in [0.2, 0.25) is 11.8 Å². The number of hydrogen-bond donors (Lipinski definition) is 2. The highest BCUT2D eigenvalue weighted by atomic mass is 16.2. The Morgan fingerprint density at radius 2 is 1.93 bits per heavy atom. The summed E-state index contributed by atoms with van der Waals surface area (Å²) in [6.45, 7) is 6.51. The zero-order valence-electron chi connectivity index (χ0n) is 17.1. The molecule has 0 saturated carbocycles. The van der Waals surface area contributed by atoms with E-state index in [9.17, 15) is 14.4 Å². The maximum atomic E-state index is 13.2. The molecule has 2 N–H and O–H groups in total. The lowest BCUT2D eigenvalue weighted by Gasteiger charge is -2.33. The molecule has 1 unspecified atom stereocenters. The van der Waals surface area contributed by atoms with Crippen LogP contribution in [0.3, 0.4) is 0 Å². The van der Waals surface area contributed by atoms with Gasteiger partial charge in [-0.25, -0.2) is 0 Å². The summed E-state index contributed by atoms with van der Waals surface area (Å²) in [6, 6.07) is 6.05. The van der Waals surface area contributed by atoms with Gasteiger partial charge in [-0.05, 0) is 56.4 Å². The predicted octanol–water partition coefficient (Wildman–Crippen LogP) is 1.41. The van der Waals surface area contributed by atoms with Crippen molar-refractivity contribution in [3.63, 3.8) is 0 Å². The Kier molecular flexibility index (Phi) is 5.96. The van der Waals surface area contributed by atoms with Crippen molar-refractivity contribution in [3.8, 4) is 0 Å². The Labute approximate surface area is 171 Å². The Bertz CT molecular complexity index is 801. The average molecular weight is 399 g/mol. The molecular weight excluding hydrogens is 368 g/mol. The second-order valence-corrected chi connectivity index (χ2v) is 8.36. The summed E-state index contributed by atoms with van der Waals surface area (Å²) in [4.78, 5) is 40.9. The van der Waals surface area contributed by atoms with Gasteiger partial charge in [0.15, 0.2) is 0 Å². The average Bonchev–Trinajstić information content (AvgIpc) is 3.05. The van der Waals surface area contributed by atoms with Crippen LogP contribution >= 0.6 is 0 Å². The van der Waals surface area contributed by atoms with Crippen LogP contribution in [0.4, 0.5) is 0 Å². The molecule has 1 atom stereocenters. The van der Waals surface area contributed by atoms with E-state index in [2.05, 4.69) is 22.5 Å². The maximum absolute atomic E-state index is 13.2. The topological polar surface area (TPSA) is 81.8 Å². The van der Waals surface area contributed by atoms with Gasteiger partial charge in [-0.1, -0.05) is 25.1 Å². The number of imide groups is 1. The largest absolute Gasteiger partial charge is 0.322 e. The zero-order valence-corrected chi connectivity index (χ0v) is 17.1. The van der Waals surface area contributed by atoms with Crippen molar-refractivity contribution >= 4 is 17.7 Å². The molecule has 7 nitrogen and oxygen atoms in total. The normalized spacial score (nSPS) is 23.4. The van der Waals surface area contributed by atoms with Crippen molar-refractivity contribution in [2.24, 2.45) is 0 Å². The number of fused-ring (bicyclic) bond motifs is 1. The molecule has 3 amide bonds. The van der Waals surface area contributed by atoms with Crippen molar-refractivity contribution in [3.05, 3.63) is 34.9 Å². The van der Waals surface area contributed by atoms with Gasteiger partial charge in [0, 0.05) is 31.1 Å². The number of carbonyl (C=O) groups excluding carboxylic acids is 3. The highest BCUT2D eigenvalue weighted by Crippen LogP contribution is 2.30. The van der Waals surface area contributed by atoms with E-state index >= 15 is 0 Å². The number of benzene rings is 1. The Hall–Kier alpha value is -2.25. The zero-order chi connectivity index (χ0) is 20.4. The smallest absolute Gasteiger partial charge is 0.255 e. The van der Waals surface area contributed by atoms with E-state index in [-0.39, 0.29) is 24.1 Å². The first-order valence-electron chi connectivity index (χ1n) is 10.8. The highest BCUT2D eigenvalue weighted by Gasteiger charge is 2.40. The van der Waals surface area contributed by atoms with Gasteiger partial charge >= 0.3 is 0 Å². The standard InChI is InChI=1S/C22H30N4O3/c1-2-10-23-17-8-11-25(12-9-17)13-15-4-3-5-16-14-26(22(29)20(15)16)18-6-7-19(27)24-21(18)28/h3-5,17-18,23H,2,6-14H2,1H3,(H,24,27,28). The van der Waals surface area contributed by atoms with Crippen molar-refractivity contribution in [1.29, 1.82) is 0 Å². The lowest BCUT2D eigenvalue weighted by Crippen LogP contribution is -2.52. The van der Waals surface area contributed by atoms with Crippen LogP contribution in [0.25, 0.3) is 0 Å². The van der Waals surface area contributed by atoms with Crippen molar-refractivity contribution < 1.29 is 14.4 Å². The monoisotopic (exact) mass is 398 g/mol. The molecule has 1 aromatic rings. The summed E-state index contributed by atoms with van der Waals surface area (Å²) in [5.41, 5.74) is 2.78. The SMILES string of the molecule is CCCNC1CCN(Cc2cccc3c2C(=O)N(C2CCC(=O)NC2=O)C3)CC1. The molecular formula is C22H30N4O3. The molecule has 156 valence electrons. The van der Waals surface area contributed by atoms with Gasteiger partial charge in [-0.2, -0.15) is 0 Å². The van der Waals surface area contributed by atoms with E-state index in [0.717, 1.165) is 62.1 Å². The molecule has 7 heteroatoms. The van der Waals surface area contributed by atoms with Crippen molar-refractivity contribution in [2.45, 2.75) is 64.2 Å². The third kappa shape index (κ3) is 4.21. The summed E-state index contributed by atoms with van der Waals surface area (Å²) in [5, 5.41) is 5.97. The van der Waals surface area contributed by atoms with E-state index in [1.165, 1.54) is 0 Å². The number of rotatable bonds is 6. The molecule has 3 aliphatic heterocycles. The third-order valence-corrected chi connectivity index (χ3v) is 6.30.